The van der Waals surface area contributed by atoms with Gasteiger partial charge in [-0.05, 0) is 29.3 Å². The van der Waals surface area contributed by atoms with Gasteiger partial charge in [-0.3, -0.25) is 9.59 Å². The highest BCUT2D eigenvalue weighted by atomic mass is 35.5. The summed E-state index contributed by atoms with van der Waals surface area (Å²) >= 11 is 7.64. The summed E-state index contributed by atoms with van der Waals surface area (Å²) in [7, 11) is 3.39. The zero-order valence-electron chi connectivity index (χ0n) is 16.5. The summed E-state index contributed by atoms with van der Waals surface area (Å²) in [6.45, 7) is 0. The molecular formula is C22H20ClN3O3S. The summed E-state index contributed by atoms with van der Waals surface area (Å²) in [6, 6.07) is 15.0. The average molecular weight is 442 g/mol. The molecule has 8 heteroatoms. The van der Waals surface area contributed by atoms with Crippen LogP contribution in [0.25, 0.3) is 0 Å². The van der Waals surface area contributed by atoms with E-state index in [4.69, 9.17) is 16.3 Å². The summed E-state index contributed by atoms with van der Waals surface area (Å²) in [6.07, 6.45) is 0.184. The second kappa shape index (κ2) is 8.53. The summed E-state index contributed by atoms with van der Waals surface area (Å²) in [5, 5.41) is 4.05. The van der Waals surface area contributed by atoms with Crippen LogP contribution < -0.4 is 15.6 Å². The van der Waals surface area contributed by atoms with Gasteiger partial charge < -0.3 is 14.6 Å². The van der Waals surface area contributed by atoms with E-state index >= 15 is 0 Å². The Hall–Kier alpha value is -2.77. The third kappa shape index (κ3) is 3.95. The molecule has 0 aliphatic carbocycles. The highest BCUT2D eigenvalue weighted by Crippen LogP contribution is 2.37. The molecule has 1 unspecified atom stereocenters. The monoisotopic (exact) mass is 441 g/mol. The van der Waals surface area contributed by atoms with Gasteiger partial charge in [-0.1, -0.05) is 53.7 Å². The maximum atomic E-state index is 13.0. The number of thioether (sulfide) groups is 1. The summed E-state index contributed by atoms with van der Waals surface area (Å²) in [5.41, 5.74) is 1.96. The molecule has 1 aromatic heterocycles. The third-order valence-corrected chi connectivity index (χ3v) is 6.56. The Labute approximate surface area is 183 Å². The molecule has 0 fully saturated rings. The Morgan fingerprint density at radius 2 is 2.03 bits per heavy atom. The van der Waals surface area contributed by atoms with E-state index in [1.54, 1.807) is 18.7 Å². The van der Waals surface area contributed by atoms with Crippen LogP contribution in [0, 0.1) is 0 Å². The Bertz CT molecular complexity index is 1180. The molecule has 2 heterocycles. The predicted molar refractivity (Wildman–Crippen MR) is 119 cm³/mol. The zero-order chi connectivity index (χ0) is 21.3. The fourth-order valence-corrected chi connectivity index (χ4v) is 4.82. The van der Waals surface area contributed by atoms with Crippen molar-refractivity contribution in [2.75, 3.05) is 12.4 Å². The second-order valence-corrected chi connectivity index (χ2v) is 8.33. The van der Waals surface area contributed by atoms with Gasteiger partial charge in [0, 0.05) is 30.2 Å². The van der Waals surface area contributed by atoms with Gasteiger partial charge in [0.1, 0.15) is 11.6 Å². The Balaban J connectivity index is 1.73. The van der Waals surface area contributed by atoms with E-state index in [0.29, 0.717) is 33.1 Å². The van der Waals surface area contributed by atoms with Crippen LogP contribution in [-0.4, -0.2) is 22.6 Å². The van der Waals surface area contributed by atoms with E-state index in [9.17, 15) is 9.59 Å². The lowest BCUT2D eigenvalue weighted by Crippen LogP contribution is -2.33. The van der Waals surface area contributed by atoms with Crippen LogP contribution in [0.3, 0.4) is 0 Å². The van der Waals surface area contributed by atoms with E-state index in [2.05, 4.69) is 10.3 Å². The number of nitrogens with zero attached hydrogens (tertiary/aromatic N) is 2. The van der Waals surface area contributed by atoms with Crippen LogP contribution in [0.15, 0.2) is 58.5 Å². The molecule has 0 bridgehead atoms. The Morgan fingerprint density at radius 3 is 2.80 bits per heavy atom. The van der Waals surface area contributed by atoms with Crippen molar-refractivity contribution in [3.05, 3.63) is 80.6 Å². The number of fused-ring (bicyclic) bond motifs is 1. The largest absolute Gasteiger partial charge is 0.497 e. The molecule has 30 heavy (non-hydrogen) atoms. The Morgan fingerprint density at radius 1 is 1.23 bits per heavy atom. The minimum Gasteiger partial charge on any atom is -0.497 e. The van der Waals surface area contributed by atoms with E-state index < -0.39 is 0 Å². The highest BCUT2D eigenvalue weighted by Gasteiger charge is 2.32. The van der Waals surface area contributed by atoms with Crippen molar-refractivity contribution in [1.82, 2.24) is 9.55 Å². The number of benzene rings is 2. The number of ether oxygens (including phenoxy) is 1. The molecule has 6 nitrogen and oxygen atoms in total. The summed E-state index contributed by atoms with van der Waals surface area (Å²) in [5.74, 6) is 1.21. The first-order chi connectivity index (χ1) is 14.5. The average Bonchev–Trinajstić information content (AvgIpc) is 2.75. The fourth-order valence-electron chi connectivity index (χ4n) is 3.57. The molecule has 1 amide bonds. The van der Waals surface area contributed by atoms with Gasteiger partial charge in [0.15, 0.2) is 5.16 Å². The number of amides is 1. The zero-order valence-corrected chi connectivity index (χ0v) is 18.1. The van der Waals surface area contributed by atoms with Gasteiger partial charge in [0.25, 0.3) is 5.56 Å². The molecule has 4 rings (SSSR count). The quantitative estimate of drug-likeness (QED) is 0.474. The molecule has 0 saturated heterocycles. The first-order valence-corrected chi connectivity index (χ1v) is 10.7. The van der Waals surface area contributed by atoms with E-state index in [1.807, 2.05) is 48.5 Å². The lowest BCUT2D eigenvalue weighted by Gasteiger charge is -2.27. The first-order valence-electron chi connectivity index (χ1n) is 9.39. The van der Waals surface area contributed by atoms with Gasteiger partial charge in [-0.15, -0.1) is 0 Å². The molecule has 3 aromatic rings. The maximum absolute atomic E-state index is 13.0. The molecule has 1 N–H and O–H groups in total. The van der Waals surface area contributed by atoms with Crippen LogP contribution in [-0.2, 0) is 17.6 Å². The molecule has 154 valence electrons. The smallest absolute Gasteiger partial charge is 0.279 e. The minimum absolute atomic E-state index is 0.140. The second-order valence-electron chi connectivity index (χ2n) is 6.98. The normalized spacial score (nSPS) is 15.4. The number of carbonyl (C=O) groups is 1. The van der Waals surface area contributed by atoms with E-state index in [0.717, 1.165) is 11.1 Å². The van der Waals surface area contributed by atoms with Crippen molar-refractivity contribution < 1.29 is 9.53 Å². The van der Waals surface area contributed by atoms with E-state index in [-0.39, 0.29) is 23.8 Å². The van der Waals surface area contributed by atoms with Crippen LogP contribution in [0.4, 0.5) is 5.82 Å². The molecule has 1 aliphatic heterocycles. The standard InChI is InChI=1S/C22H20ClN3O3S/c1-26-20-19(16(11-18(27)24-20)13-7-5-8-15(10-13)29-2)21(28)25-22(26)30-12-14-6-3-4-9-17(14)23/h3-10,16H,11-12H2,1-2H3,(H,24,27). The maximum Gasteiger partial charge on any atom is 0.279 e. The van der Waals surface area contributed by atoms with Gasteiger partial charge >= 0.3 is 0 Å². The number of nitrogens with one attached hydrogen (secondary N) is 1. The Kier molecular flexibility index (Phi) is 5.83. The van der Waals surface area contributed by atoms with Crippen molar-refractivity contribution in [1.29, 1.82) is 0 Å². The van der Waals surface area contributed by atoms with Crippen LogP contribution in [0.5, 0.6) is 5.75 Å². The lowest BCUT2D eigenvalue weighted by molar-refractivity contribution is -0.116. The van der Waals surface area contributed by atoms with Gasteiger partial charge in [0.05, 0.1) is 12.7 Å². The van der Waals surface area contributed by atoms with Crippen molar-refractivity contribution in [2.24, 2.45) is 7.05 Å². The number of hydrogen-bond donors (Lipinski definition) is 1. The SMILES string of the molecule is COc1cccc(C2CC(=O)Nc3c2c(=O)nc(SCc2ccccc2Cl)n3C)c1. The molecule has 0 radical (unpaired) electrons. The van der Waals surface area contributed by atoms with Crippen molar-refractivity contribution in [3.63, 3.8) is 0 Å². The predicted octanol–water partition coefficient (Wildman–Crippen LogP) is 4.21. The topological polar surface area (TPSA) is 73.2 Å². The fraction of sp³-hybridized carbons (Fsp3) is 0.227. The number of rotatable bonds is 5. The number of hydrogen-bond acceptors (Lipinski definition) is 5. The summed E-state index contributed by atoms with van der Waals surface area (Å²) < 4.78 is 7.07. The first kappa shape index (κ1) is 20.5. The van der Waals surface area contributed by atoms with Crippen LogP contribution in [0.1, 0.15) is 29.0 Å². The molecular weight excluding hydrogens is 422 g/mol. The number of halogens is 1. The van der Waals surface area contributed by atoms with Crippen LogP contribution >= 0.6 is 23.4 Å². The molecule has 1 aliphatic rings. The van der Waals surface area contributed by atoms with E-state index in [1.165, 1.54) is 11.8 Å². The number of anilines is 1. The third-order valence-electron chi connectivity index (χ3n) is 5.11. The molecule has 0 spiro atoms. The molecule has 1 atom stereocenters. The van der Waals surface area contributed by atoms with Gasteiger partial charge in [-0.25, -0.2) is 0 Å². The van der Waals surface area contributed by atoms with Crippen LogP contribution in [0.2, 0.25) is 5.02 Å². The highest BCUT2D eigenvalue weighted by molar-refractivity contribution is 7.98. The van der Waals surface area contributed by atoms with Gasteiger partial charge in [0.2, 0.25) is 5.91 Å². The molecule has 0 saturated carbocycles. The minimum atomic E-state index is -0.377. The lowest BCUT2D eigenvalue weighted by atomic mass is 9.86. The van der Waals surface area contributed by atoms with Crippen molar-refractivity contribution in [3.8, 4) is 5.75 Å². The number of aromatic nitrogens is 2. The number of carbonyl (C=O) groups excluding carboxylic acids is 1. The molecule has 2 aromatic carbocycles. The number of methoxy groups -OCH3 is 1. The van der Waals surface area contributed by atoms with Crippen molar-refractivity contribution >= 4 is 35.1 Å². The van der Waals surface area contributed by atoms with Crippen molar-refractivity contribution in [2.45, 2.75) is 23.2 Å². The van der Waals surface area contributed by atoms with Gasteiger partial charge in [-0.2, -0.15) is 4.98 Å². The summed E-state index contributed by atoms with van der Waals surface area (Å²) in [4.78, 5) is 29.8.